The number of carbonyl (C=O) groups excluding carboxylic acids is 1. The molecule has 1 aromatic carbocycles. The van der Waals surface area contributed by atoms with Gasteiger partial charge in [-0.1, -0.05) is 17.7 Å². The average Bonchev–Trinajstić information content (AvgIpc) is 2.62. The Kier molecular flexibility index (Phi) is 5.43. The van der Waals surface area contributed by atoms with Crippen LogP contribution in [0.1, 0.15) is 12.5 Å². The van der Waals surface area contributed by atoms with Gasteiger partial charge in [0.2, 0.25) is 15.9 Å². The van der Waals surface area contributed by atoms with Crippen molar-refractivity contribution in [3.63, 3.8) is 0 Å². The Balaban J connectivity index is 1.63. The van der Waals surface area contributed by atoms with Crippen LogP contribution in [0, 0.1) is 6.92 Å². The lowest BCUT2D eigenvalue weighted by Gasteiger charge is -2.38. The van der Waals surface area contributed by atoms with Gasteiger partial charge in [0.15, 0.2) is 0 Å². The Labute approximate surface area is 149 Å². The molecule has 2 fully saturated rings. The van der Waals surface area contributed by atoms with Crippen molar-refractivity contribution in [1.29, 1.82) is 0 Å². The Morgan fingerprint density at radius 1 is 1.16 bits per heavy atom. The summed E-state index contributed by atoms with van der Waals surface area (Å²) in [6.45, 7) is 6.48. The van der Waals surface area contributed by atoms with Crippen LogP contribution >= 0.6 is 0 Å². The second-order valence-corrected chi connectivity index (χ2v) is 8.49. The Hall–Kier alpha value is -1.48. The molecule has 25 heavy (non-hydrogen) atoms. The van der Waals surface area contributed by atoms with Gasteiger partial charge in [-0.3, -0.25) is 4.79 Å². The standard InChI is InChI=1S/C17H25N3O4S/c1-13-3-5-15(6-4-13)25(22,23)20-10-8-19(9-11-20)17(21)16-14(2)24-12-7-18-16/h3-6,14,16,18H,7-12H2,1-2H3/t14-,16+/m1/s1. The van der Waals surface area contributed by atoms with Gasteiger partial charge in [0.25, 0.3) is 0 Å². The first-order chi connectivity index (χ1) is 11.9. The number of ether oxygens (including phenoxy) is 1. The van der Waals surface area contributed by atoms with E-state index in [-0.39, 0.29) is 18.1 Å². The third kappa shape index (κ3) is 3.87. The molecular formula is C17H25N3O4S. The molecule has 2 atom stereocenters. The summed E-state index contributed by atoms with van der Waals surface area (Å²) in [4.78, 5) is 14.7. The third-order valence-corrected chi connectivity index (χ3v) is 6.70. The molecule has 138 valence electrons. The highest BCUT2D eigenvalue weighted by Crippen LogP contribution is 2.19. The minimum atomic E-state index is -3.51. The van der Waals surface area contributed by atoms with Crippen molar-refractivity contribution in [1.82, 2.24) is 14.5 Å². The molecule has 2 saturated heterocycles. The van der Waals surface area contributed by atoms with Gasteiger partial charge in [-0.25, -0.2) is 8.42 Å². The van der Waals surface area contributed by atoms with E-state index in [9.17, 15) is 13.2 Å². The molecular weight excluding hydrogens is 342 g/mol. The van der Waals surface area contributed by atoms with Gasteiger partial charge in [0.05, 0.1) is 17.6 Å². The van der Waals surface area contributed by atoms with Gasteiger partial charge in [0.1, 0.15) is 6.04 Å². The maximum atomic E-state index is 12.7. The van der Waals surface area contributed by atoms with E-state index in [1.165, 1.54) is 4.31 Å². The van der Waals surface area contributed by atoms with Crippen LogP contribution in [0.25, 0.3) is 0 Å². The number of amides is 1. The van der Waals surface area contributed by atoms with Crippen molar-refractivity contribution in [2.45, 2.75) is 30.9 Å². The van der Waals surface area contributed by atoms with E-state index >= 15 is 0 Å². The summed E-state index contributed by atoms with van der Waals surface area (Å²) in [6.07, 6.45) is -0.171. The lowest BCUT2D eigenvalue weighted by Crippen LogP contribution is -2.60. The predicted octanol–water partition coefficient (Wildman–Crippen LogP) is 0.205. The Morgan fingerprint density at radius 3 is 2.40 bits per heavy atom. The van der Waals surface area contributed by atoms with Crippen LogP contribution in [0.15, 0.2) is 29.2 Å². The van der Waals surface area contributed by atoms with E-state index in [2.05, 4.69) is 5.32 Å². The van der Waals surface area contributed by atoms with Crippen LogP contribution in [-0.2, 0) is 19.6 Å². The number of hydrogen-bond acceptors (Lipinski definition) is 5. The second kappa shape index (κ2) is 7.41. The molecule has 0 radical (unpaired) electrons. The summed E-state index contributed by atoms with van der Waals surface area (Å²) in [5, 5.41) is 3.19. The number of nitrogens with zero attached hydrogens (tertiary/aromatic N) is 2. The highest BCUT2D eigenvalue weighted by Gasteiger charge is 2.35. The lowest BCUT2D eigenvalue weighted by molar-refractivity contribution is -0.140. The largest absolute Gasteiger partial charge is 0.375 e. The third-order valence-electron chi connectivity index (χ3n) is 4.79. The lowest BCUT2D eigenvalue weighted by atomic mass is 10.1. The number of aryl methyl sites for hydroxylation is 1. The van der Waals surface area contributed by atoms with Gasteiger partial charge in [-0.05, 0) is 26.0 Å². The maximum Gasteiger partial charge on any atom is 0.243 e. The first kappa shape index (κ1) is 18.3. The smallest absolute Gasteiger partial charge is 0.243 e. The summed E-state index contributed by atoms with van der Waals surface area (Å²) >= 11 is 0. The SMILES string of the molecule is Cc1ccc(S(=O)(=O)N2CCN(C(=O)[C@H]3NCCO[C@@H]3C)CC2)cc1. The molecule has 2 heterocycles. The average molecular weight is 367 g/mol. The van der Waals surface area contributed by atoms with Crippen molar-refractivity contribution < 1.29 is 17.9 Å². The fraction of sp³-hybridized carbons (Fsp3) is 0.588. The highest BCUT2D eigenvalue weighted by atomic mass is 32.2. The van der Waals surface area contributed by atoms with Crippen LogP contribution in [0.3, 0.4) is 0 Å². The summed E-state index contributed by atoms with van der Waals surface area (Å²) in [6, 6.07) is 6.50. The van der Waals surface area contributed by atoms with Gasteiger partial charge < -0.3 is 15.0 Å². The zero-order valence-electron chi connectivity index (χ0n) is 14.6. The number of carbonyl (C=O) groups is 1. The minimum absolute atomic E-state index is 0.0143. The number of benzene rings is 1. The molecule has 7 nitrogen and oxygen atoms in total. The van der Waals surface area contributed by atoms with Crippen molar-refractivity contribution in [3.8, 4) is 0 Å². The molecule has 1 N–H and O–H groups in total. The molecule has 0 spiro atoms. The number of nitrogens with one attached hydrogen (secondary N) is 1. The topological polar surface area (TPSA) is 79.0 Å². The number of morpholine rings is 1. The fourth-order valence-electron chi connectivity index (χ4n) is 3.21. The minimum Gasteiger partial charge on any atom is -0.375 e. The number of rotatable bonds is 3. The summed E-state index contributed by atoms with van der Waals surface area (Å²) in [7, 11) is -3.51. The number of sulfonamides is 1. The van der Waals surface area contributed by atoms with E-state index in [1.54, 1.807) is 29.2 Å². The molecule has 0 bridgehead atoms. The van der Waals surface area contributed by atoms with Crippen molar-refractivity contribution in [3.05, 3.63) is 29.8 Å². The van der Waals surface area contributed by atoms with Crippen molar-refractivity contribution in [2.24, 2.45) is 0 Å². The molecule has 0 aromatic heterocycles. The van der Waals surface area contributed by atoms with Crippen LogP contribution in [-0.4, -0.2) is 75.0 Å². The van der Waals surface area contributed by atoms with Crippen LogP contribution in [0.4, 0.5) is 0 Å². The summed E-state index contributed by atoms with van der Waals surface area (Å²) < 4.78 is 32.4. The van der Waals surface area contributed by atoms with Crippen molar-refractivity contribution in [2.75, 3.05) is 39.3 Å². The van der Waals surface area contributed by atoms with Gasteiger partial charge >= 0.3 is 0 Å². The van der Waals surface area contributed by atoms with E-state index in [0.29, 0.717) is 44.2 Å². The molecule has 3 rings (SSSR count). The van der Waals surface area contributed by atoms with Gasteiger partial charge in [-0.2, -0.15) is 4.31 Å². The molecule has 2 aliphatic heterocycles. The Bertz CT molecular complexity index is 712. The maximum absolute atomic E-state index is 12.7. The van der Waals surface area contributed by atoms with E-state index in [4.69, 9.17) is 4.74 Å². The molecule has 8 heteroatoms. The fourth-order valence-corrected chi connectivity index (χ4v) is 4.64. The van der Waals surface area contributed by atoms with Gasteiger partial charge in [-0.15, -0.1) is 0 Å². The number of piperazine rings is 1. The molecule has 1 aromatic rings. The second-order valence-electron chi connectivity index (χ2n) is 6.55. The molecule has 1 amide bonds. The zero-order valence-corrected chi connectivity index (χ0v) is 15.5. The van der Waals surface area contributed by atoms with E-state index < -0.39 is 10.0 Å². The quantitative estimate of drug-likeness (QED) is 0.826. The normalized spacial score (nSPS) is 25.8. The molecule has 2 aliphatic rings. The Morgan fingerprint density at radius 2 is 1.80 bits per heavy atom. The predicted molar refractivity (Wildman–Crippen MR) is 93.7 cm³/mol. The summed E-state index contributed by atoms with van der Waals surface area (Å²) in [5.74, 6) is -0.0143. The van der Waals surface area contributed by atoms with E-state index in [0.717, 1.165) is 5.56 Å². The number of hydrogen-bond donors (Lipinski definition) is 1. The first-order valence-electron chi connectivity index (χ1n) is 8.60. The summed E-state index contributed by atoms with van der Waals surface area (Å²) in [5.41, 5.74) is 1.02. The van der Waals surface area contributed by atoms with Crippen LogP contribution in [0.2, 0.25) is 0 Å². The van der Waals surface area contributed by atoms with Crippen molar-refractivity contribution >= 4 is 15.9 Å². The molecule has 0 saturated carbocycles. The van der Waals surface area contributed by atoms with E-state index in [1.807, 2.05) is 13.8 Å². The highest BCUT2D eigenvalue weighted by molar-refractivity contribution is 7.89. The molecule has 0 unspecified atom stereocenters. The monoisotopic (exact) mass is 367 g/mol. The van der Waals surface area contributed by atoms with Crippen LogP contribution in [0.5, 0.6) is 0 Å². The molecule has 0 aliphatic carbocycles. The van der Waals surface area contributed by atoms with Gasteiger partial charge in [0, 0.05) is 32.7 Å². The van der Waals surface area contributed by atoms with Crippen LogP contribution < -0.4 is 5.32 Å². The first-order valence-corrected chi connectivity index (χ1v) is 10.0. The zero-order chi connectivity index (χ0) is 18.0.